The molecule has 5 nitrogen and oxygen atoms in total. The molecule has 4 rings (SSSR count). The normalized spacial score (nSPS) is 12.8. The van der Waals surface area contributed by atoms with Crippen LogP contribution in [0.2, 0.25) is 0 Å². The number of carbonyl (C=O) groups excluding carboxylic acids is 1. The zero-order chi connectivity index (χ0) is 22.3. The summed E-state index contributed by atoms with van der Waals surface area (Å²) in [6.45, 7) is 3.61. The first-order valence-corrected chi connectivity index (χ1v) is 11.2. The number of amides is 1. The largest absolute Gasteiger partial charge is 0.612 e. The van der Waals surface area contributed by atoms with Crippen LogP contribution in [0.3, 0.4) is 0 Å². The number of carbonyl (C=O) groups is 1. The van der Waals surface area contributed by atoms with Crippen molar-refractivity contribution in [1.29, 1.82) is 0 Å². The van der Waals surface area contributed by atoms with E-state index in [-0.39, 0.29) is 16.4 Å². The minimum atomic E-state index is -1.10. The van der Waals surface area contributed by atoms with Gasteiger partial charge in [0.05, 0.1) is 16.6 Å². The SMILES string of the molecule is C[S+]([O-])c1ccc(C(C)(C)NC(=O)c2cc3[nH]c4ccccc4c(=O)c3cc2F)cc1. The fourth-order valence-corrected chi connectivity index (χ4v) is 4.12. The maximum absolute atomic E-state index is 14.8. The molecule has 1 heterocycles. The van der Waals surface area contributed by atoms with Crippen molar-refractivity contribution in [1.82, 2.24) is 10.3 Å². The van der Waals surface area contributed by atoms with Crippen molar-refractivity contribution in [2.75, 3.05) is 6.26 Å². The molecule has 0 aliphatic rings. The smallest absolute Gasteiger partial charge is 0.255 e. The summed E-state index contributed by atoms with van der Waals surface area (Å²) >= 11 is -1.10. The monoisotopic (exact) mass is 436 g/mol. The van der Waals surface area contributed by atoms with Gasteiger partial charge in [0.15, 0.2) is 10.3 Å². The molecule has 1 atom stereocenters. The predicted molar refractivity (Wildman–Crippen MR) is 121 cm³/mol. The summed E-state index contributed by atoms with van der Waals surface area (Å²) in [7, 11) is 0. The number of hydrogen-bond acceptors (Lipinski definition) is 3. The lowest BCUT2D eigenvalue weighted by molar-refractivity contribution is 0.0908. The molecule has 0 fully saturated rings. The molecule has 2 N–H and O–H groups in total. The van der Waals surface area contributed by atoms with E-state index in [4.69, 9.17) is 0 Å². The number of para-hydroxylation sites is 1. The summed E-state index contributed by atoms with van der Waals surface area (Å²) < 4.78 is 26.4. The van der Waals surface area contributed by atoms with Crippen molar-refractivity contribution in [3.63, 3.8) is 0 Å². The Morgan fingerprint density at radius 2 is 1.71 bits per heavy atom. The van der Waals surface area contributed by atoms with Gasteiger partial charge >= 0.3 is 0 Å². The van der Waals surface area contributed by atoms with Gasteiger partial charge in [-0.15, -0.1) is 0 Å². The molecule has 1 unspecified atom stereocenters. The Morgan fingerprint density at radius 1 is 1.03 bits per heavy atom. The van der Waals surface area contributed by atoms with Crippen LogP contribution in [-0.2, 0) is 16.7 Å². The number of halogens is 1. The topological polar surface area (TPSA) is 85.0 Å². The van der Waals surface area contributed by atoms with E-state index in [0.717, 1.165) is 11.6 Å². The highest BCUT2D eigenvalue weighted by Crippen LogP contribution is 2.24. The number of nitrogens with one attached hydrogen (secondary N) is 2. The molecule has 1 amide bonds. The van der Waals surface area contributed by atoms with Crippen molar-refractivity contribution < 1.29 is 13.7 Å². The van der Waals surface area contributed by atoms with Gasteiger partial charge in [-0.3, -0.25) is 9.59 Å². The molecule has 0 saturated heterocycles. The molecule has 31 heavy (non-hydrogen) atoms. The molecular weight excluding hydrogens is 415 g/mol. The molecule has 0 saturated carbocycles. The summed E-state index contributed by atoms with van der Waals surface area (Å²) in [5, 5.41) is 3.50. The van der Waals surface area contributed by atoms with Crippen molar-refractivity contribution in [2.45, 2.75) is 24.3 Å². The highest BCUT2D eigenvalue weighted by atomic mass is 32.2. The van der Waals surface area contributed by atoms with Gasteiger partial charge in [0.2, 0.25) is 0 Å². The highest BCUT2D eigenvalue weighted by molar-refractivity contribution is 7.90. The van der Waals surface area contributed by atoms with Gasteiger partial charge in [-0.25, -0.2) is 4.39 Å². The van der Waals surface area contributed by atoms with Gasteiger partial charge < -0.3 is 14.9 Å². The maximum atomic E-state index is 14.8. The van der Waals surface area contributed by atoms with Gasteiger partial charge in [-0.2, -0.15) is 0 Å². The van der Waals surface area contributed by atoms with Crippen molar-refractivity contribution >= 4 is 38.9 Å². The standard InChI is InChI=1S/C24H21FN2O3S/c1-24(2,14-8-10-15(11-9-14)31(3)30)27-23(29)17-13-21-18(12-19(17)25)22(28)16-6-4-5-7-20(16)26-21/h4-13H,1-3H3,(H,26,28)(H,27,29). The van der Waals surface area contributed by atoms with Gasteiger partial charge in [0.1, 0.15) is 12.1 Å². The van der Waals surface area contributed by atoms with E-state index in [1.165, 1.54) is 6.07 Å². The van der Waals surface area contributed by atoms with Crippen LogP contribution in [0.15, 0.2) is 70.4 Å². The number of aromatic amines is 1. The van der Waals surface area contributed by atoms with Crippen molar-refractivity contribution in [3.8, 4) is 0 Å². The van der Waals surface area contributed by atoms with E-state index >= 15 is 0 Å². The van der Waals surface area contributed by atoms with E-state index < -0.39 is 28.4 Å². The number of fused-ring (bicyclic) bond motifs is 2. The third-order valence-electron chi connectivity index (χ3n) is 5.37. The third kappa shape index (κ3) is 3.94. The van der Waals surface area contributed by atoms with Crippen molar-refractivity contribution in [3.05, 3.63) is 87.8 Å². The van der Waals surface area contributed by atoms with Crippen LogP contribution < -0.4 is 10.7 Å². The minimum absolute atomic E-state index is 0.155. The van der Waals surface area contributed by atoms with Gasteiger partial charge in [0.25, 0.3) is 5.91 Å². The van der Waals surface area contributed by atoms with Gasteiger partial charge in [-0.1, -0.05) is 24.3 Å². The third-order valence-corrected chi connectivity index (χ3v) is 6.31. The molecular formula is C24H21FN2O3S. The minimum Gasteiger partial charge on any atom is -0.612 e. The Bertz CT molecular complexity index is 1360. The second-order valence-corrected chi connectivity index (χ2v) is 9.31. The number of aromatic nitrogens is 1. The second kappa shape index (κ2) is 7.83. The molecule has 158 valence electrons. The highest BCUT2D eigenvalue weighted by Gasteiger charge is 2.26. The first-order chi connectivity index (χ1) is 14.7. The lowest BCUT2D eigenvalue weighted by Crippen LogP contribution is -2.41. The lowest BCUT2D eigenvalue weighted by atomic mass is 9.93. The second-order valence-electron chi connectivity index (χ2n) is 7.93. The number of pyridine rings is 1. The zero-order valence-corrected chi connectivity index (χ0v) is 18.1. The average molecular weight is 437 g/mol. The first kappa shape index (κ1) is 21.1. The quantitative estimate of drug-likeness (QED) is 0.371. The number of rotatable bonds is 4. The van der Waals surface area contributed by atoms with E-state index in [1.807, 2.05) is 0 Å². The van der Waals surface area contributed by atoms with Crippen LogP contribution in [0, 0.1) is 5.82 Å². The fourth-order valence-electron chi connectivity index (χ4n) is 3.61. The number of H-pyrrole nitrogens is 1. The number of hydrogen-bond donors (Lipinski definition) is 2. The van der Waals surface area contributed by atoms with E-state index in [1.54, 1.807) is 68.6 Å². The molecule has 0 radical (unpaired) electrons. The van der Waals surface area contributed by atoms with Crippen molar-refractivity contribution in [2.24, 2.45) is 0 Å². The molecule has 3 aromatic carbocycles. The molecule has 7 heteroatoms. The summed E-state index contributed by atoms with van der Waals surface area (Å²) in [6.07, 6.45) is 1.60. The van der Waals surface area contributed by atoms with Crippen LogP contribution in [-0.4, -0.2) is 21.7 Å². The predicted octanol–water partition coefficient (Wildman–Crippen LogP) is 4.22. The Balaban J connectivity index is 1.70. The molecule has 0 aliphatic carbocycles. The molecule has 0 bridgehead atoms. The Morgan fingerprint density at radius 3 is 2.39 bits per heavy atom. The van der Waals surface area contributed by atoms with Gasteiger partial charge in [0, 0.05) is 16.3 Å². The van der Waals surface area contributed by atoms with E-state index in [2.05, 4.69) is 10.3 Å². The van der Waals surface area contributed by atoms with Crippen LogP contribution in [0.25, 0.3) is 21.8 Å². The van der Waals surface area contributed by atoms with Gasteiger partial charge in [-0.05, 0) is 67.0 Å². The molecule has 4 aromatic rings. The van der Waals surface area contributed by atoms with E-state index in [0.29, 0.717) is 21.3 Å². The maximum Gasteiger partial charge on any atom is 0.255 e. The van der Waals surface area contributed by atoms with Crippen LogP contribution in [0.5, 0.6) is 0 Å². The summed E-state index contributed by atoms with van der Waals surface area (Å²) in [5.41, 5.74) is 0.551. The molecule has 0 aliphatic heterocycles. The lowest BCUT2D eigenvalue weighted by Gasteiger charge is -2.27. The molecule has 1 aromatic heterocycles. The van der Waals surface area contributed by atoms with Crippen LogP contribution in [0.4, 0.5) is 4.39 Å². The van der Waals surface area contributed by atoms with E-state index in [9.17, 15) is 18.5 Å². The Hall–Kier alpha value is -3.16. The zero-order valence-electron chi connectivity index (χ0n) is 17.3. The summed E-state index contributed by atoms with van der Waals surface area (Å²) in [6, 6.07) is 16.5. The first-order valence-electron chi connectivity index (χ1n) is 9.68. The summed E-state index contributed by atoms with van der Waals surface area (Å²) in [5.74, 6) is -1.36. The number of benzene rings is 3. The fraction of sp³-hybridized carbons (Fsp3) is 0.167. The Kier molecular flexibility index (Phi) is 5.33. The Labute approximate surface area is 181 Å². The average Bonchev–Trinajstić information content (AvgIpc) is 2.74. The summed E-state index contributed by atoms with van der Waals surface area (Å²) in [4.78, 5) is 29.4. The molecule has 0 spiro atoms. The van der Waals surface area contributed by atoms with Crippen LogP contribution >= 0.6 is 0 Å². The van der Waals surface area contributed by atoms with Crippen LogP contribution in [0.1, 0.15) is 29.8 Å².